The zero-order valence-corrected chi connectivity index (χ0v) is 25.5. The summed E-state index contributed by atoms with van der Waals surface area (Å²) in [5, 5.41) is 16.6. The minimum atomic E-state index is -4.34. The van der Waals surface area contributed by atoms with E-state index in [9.17, 15) is 23.1 Å². The number of methoxy groups -OCH3 is 1. The molecule has 5 rings (SSSR count). The lowest BCUT2D eigenvalue weighted by atomic mass is 10.0. The Morgan fingerprint density at radius 2 is 1.82 bits per heavy atom. The highest BCUT2D eigenvalue weighted by Crippen LogP contribution is 2.27. The molecule has 0 unspecified atom stereocenters. The number of aliphatic hydroxyl groups is 1. The largest absolute Gasteiger partial charge is 0.453 e. The molecule has 2 amide bonds. The summed E-state index contributed by atoms with van der Waals surface area (Å²) in [6.07, 6.45) is -0.678. The highest BCUT2D eigenvalue weighted by molar-refractivity contribution is 7.89. The van der Waals surface area contributed by atoms with Crippen LogP contribution >= 0.6 is 0 Å². The molecule has 3 aromatic rings. The number of sulfonamides is 1. The number of H-pyrrole nitrogens is 1. The van der Waals surface area contributed by atoms with Gasteiger partial charge < -0.3 is 34.4 Å². The summed E-state index contributed by atoms with van der Waals surface area (Å²) in [6, 6.07) is 12.4. The number of aromatic amines is 1. The van der Waals surface area contributed by atoms with Gasteiger partial charge in [-0.05, 0) is 43.0 Å². The number of nitrogens with zero attached hydrogens (tertiary/aromatic N) is 2. The summed E-state index contributed by atoms with van der Waals surface area (Å²) in [4.78, 5) is 37.4. The molecule has 1 saturated carbocycles. The maximum atomic E-state index is 14.0. The van der Waals surface area contributed by atoms with Crippen LogP contribution in [0.2, 0.25) is 0 Å². The number of amides is 2. The van der Waals surface area contributed by atoms with Gasteiger partial charge in [0.05, 0.1) is 61.0 Å². The Balaban J connectivity index is 1.38. The Bertz CT molecular complexity index is 1540. The van der Waals surface area contributed by atoms with Gasteiger partial charge in [0.2, 0.25) is 5.95 Å². The lowest BCUT2D eigenvalue weighted by molar-refractivity contribution is -0.153. The number of benzene rings is 2. The summed E-state index contributed by atoms with van der Waals surface area (Å²) in [5.74, 6) is 0.0777. The van der Waals surface area contributed by atoms with E-state index in [1.807, 2.05) is 30.3 Å². The van der Waals surface area contributed by atoms with Crippen LogP contribution in [-0.2, 0) is 40.2 Å². The molecule has 15 nitrogen and oxygen atoms in total. The van der Waals surface area contributed by atoms with Crippen LogP contribution in [0.4, 0.5) is 15.5 Å². The maximum Gasteiger partial charge on any atom is 0.413 e. The fourth-order valence-corrected chi connectivity index (χ4v) is 6.45. The van der Waals surface area contributed by atoms with Crippen LogP contribution in [0.1, 0.15) is 31.2 Å². The van der Waals surface area contributed by atoms with Crippen molar-refractivity contribution in [2.75, 3.05) is 39.0 Å². The van der Waals surface area contributed by atoms with E-state index in [1.54, 1.807) is 0 Å². The van der Waals surface area contributed by atoms with Crippen LogP contribution in [0.25, 0.3) is 11.0 Å². The fraction of sp³-hybridized carbons (Fsp3) is 0.483. The third-order valence-corrected chi connectivity index (χ3v) is 9.07. The van der Waals surface area contributed by atoms with Gasteiger partial charge in [-0.1, -0.05) is 47.6 Å². The van der Waals surface area contributed by atoms with Gasteiger partial charge in [-0.15, -0.1) is 0 Å². The average Bonchev–Trinajstić information content (AvgIpc) is 3.70. The van der Waals surface area contributed by atoms with E-state index in [2.05, 4.69) is 25.3 Å². The van der Waals surface area contributed by atoms with Crippen LogP contribution in [0.5, 0.6) is 0 Å². The van der Waals surface area contributed by atoms with Crippen LogP contribution in [0.3, 0.4) is 0 Å². The molecule has 1 aromatic heterocycles. The number of rotatable bonds is 12. The van der Waals surface area contributed by atoms with Crippen molar-refractivity contribution in [2.45, 2.75) is 61.4 Å². The van der Waals surface area contributed by atoms with Crippen molar-refractivity contribution in [1.82, 2.24) is 19.8 Å². The average molecular weight is 648 g/mol. The molecule has 0 spiro atoms. The van der Waals surface area contributed by atoms with Crippen molar-refractivity contribution in [3.63, 3.8) is 0 Å². The molecule has 2 fully saturated rings. The quantitative estimate of drug-likeness (QED) is 0.211. The third kappa shape index (κ3) is 8.68. The molecule has 2 heterocycles. The van der Waals surface area contributed by atoms with Crippen molar-refractivity contribution in [2.24, 2.45) is 0 Å². The summed E-state index contributed by atoms with van der Waals surface area (Å²) >= 11 is 0. The third-order valence-electron chi connectivity index (χ3n) is 7.45. The van der Waals surface area contributed by atoms with Gasteiger partial charge >= 0.3 is 12.2 Å². The van der Waals surface area contributed by atoms with E-state index in [0.717, 1.165) is 22.9 Å². The molecule has 2 aromatic carbocycles. The normalized spacial score (nSPS) is 17.7. The smallest absolute Gasteiger partial charge is 0.413 e. The van der Waals surface area contributed by atoms with Crippen molar-refractivity contribution < 1.29 is 46.9 Å². The monoisotopic (exact) mass is 647 g/mol. The molecule has 16 heteroatoms. The first-order chi connectivity index (χ1) is 21.7. The molecule has 0 radical (unpaired) electrons. The number of alkyl carbamates (subject to hydrolysis) is 1. The number of fused-ring (bicyclic) bond motifs is 1. The molecule has 0 bridgehead atoms. The van der Waals surface area contributed by atoms with Crippen LogP contribution in [0.15, 0.2) is 53.4 Å². The lowest BCUT2D eigenvalue weighted by Gasteiger charge is -2.31. The molecule has 45 heavy (non-hydrogen) atoms. The summed E-state index contributed by atoms with van der Waals surface area (Å²) in [6.45, 7) is -0.0386. The standard InChI is InChI=1S/C29H37N5O10S/c1-40-28(36)33-27-30-23-12-11-22(14-24(23)31-27)45(38,39)34(44-20-9-5-6-10-20)15-26(35)25(13-19-7-3-2-4-8-19)32-29(37)43-21-16-41-18-42-17-21/h2-4,7-8,11-12,14,20-21,25-26,35H,5-6,9-10,13,15-18H2,1H3,(H,32,37)(H2,30,31,33,36)/t25-,26+/m0/s1. The molecule has 244 valence electrons. The van der Waals surface area contributed by atoms with E-state index < -0.39 is 47.0 Å². The predicted molar refractivity (Wildman–Crippen MR) is 159 cm³/mol. The van der Waals surface area contributed by atoms with E-state index in [1.165, 1.54) is 25.3 Å². The van der Waals surface area contributed by atoms with Crippen molar-refractivity contribution in [3.8, 4) is 0 Å². The van der Waals surface area contributed by atoms with Crippen molar-refractivity contribution >= 4 is 39.2 Å². The second-order valence-electron chi connectivity index (χ2n) is 10.8. The number of hydroxylamine groups is 1. The molecule has 1 saturated heterocycles. The molecular formula is C29H37N5O10S. The first kappa shape index (κ1) is 32.6. The van der Waals surface area contributed by atoms with Gasteiger partial charge in [0.1, 0.15) is 6.79 Å². The van der Waals surface area contributed by atoms with Crippen molar-refractivity contribution in [1.29, 1.82) is 0 Å². The number of hydrogen-bond donors (Lipinski definition) is 4. The number of carbonyl (C=O) groups is 2. The number of nitrogens with one attached hydrogen (secondary N) is 3. The minimum Gasteiger partial charge on any atom is -0.453 e. The highest BCUT2D eigenvalue weighted by atomic mass is 32.2. The molecule has 2 atom stereocenters. The molecular weight excluding hydrogens is 610 g/mol. The SMILES string of the molecule is COC(=O)Nc1nc2cc(S(=O)(=O)N(C[C@@H](O)[C@H](Cc3ccccc3)NC(=O)OC3COCOC3)OC3CCCC3)ccc2[nH]1. The number of aromatic nitrogens is 2. The van der Waals surface area contributed by atoms with Gasteiger partial charge in [-0.2, -0.15) is 0 Å². The number of hydrogen-bond acceptors (Lipinski definition) is 11. The number of aliphatic hydroxyl groups excluding tert-OH is 1. The van der Waals surface area contributed by atoms with Crippen LogP contribution in [0, 0.1) is 0 Å². The van der Waals surface area contributed by atoms with Crippen LogP contribution < -0.4 is 10.6 Å². The second-order valence-corrected chi connectivity index (χ2v) is 12.6. The molecule has 4 N–H and O–H groups in total. The first-order valence-corrected chi connectivity index (χ1v) is 16.0. The van der Waals surface area contributed by atoms with Crippen molar-refractivity contribution in [3.05, 3.63) is 54.1 Å². The summed E-state index contributed by atoms with van der Waals surface area (Å²) in [5.41, 5.74) is 1.55. The maximum absolute atomic E-state index is 14.0. The summed E-state index contributed by atoms with van der Waals surface area (Å²) in [7, 11) is -3.13. The summed E-state index contributed by atoms with van der Waals surface area (Å²) < 4.78 is 49.2. The van der Waals surface area contributed by atoms with E-state index >= 15 is 0 Å². The number of anilines is 1. The van der Waals surface area contributed by atoms with E-state index in [0.29, 0.717) is 18.4 Å². The van der Waals surface area contributed by atoms with Gasteiger partial charge in [-0.25, -0.2) is 23.0 Å². The molecule has 1 aliphatic heterocycles. The number of imidazole rings is 1. The van der Waals surface area contributed by atoms with E-state index in [4.69, 9.17) is 19.0 Å². The minimum absolute atomic E-state index is 0.0777. The number of carbonyl (C=O) groups excluding carboxylic acids is 2. The predicted octanol–water partition coefficient (Wildman–Crippen LogP) is 2.68. The Morgan fingerprint density at radius 3 is 2.53 bits per heavy atom. The molecule has 1 aliphatic carbocycles. The van der Waals surface area contributed by atoms with Gasteiger partial charge in [0.25, 0.3) is 10.0 Å². The van der Waals surface area contributed by atoms with Gasteiger partial charge in [-0.3, -0.25) is 10.2 Å². The topological polar surface area (TPSA) is 191 Å². The van der Waals surface area contributed by atoms with E-state index in [-0.39, 0.29) is 48.9 Å². The van der Waals surface area contributed by atoms with Crippen LogP contribution in [-0.4, -0.2) is 98.2 Å². The van der Waals surface area contributed by atoms with Gasteiger partial charge in [0.15, 0.2) is 6.10 Å². The number of ether oxygens (including phenoxy) is 4. The zero-order valence-electron chi connectivity index (χ0n) is 24.7. The molecule has 2 aliphatic rings. The Kier molecular flexibility index (Phi) is 10.9. The zero-order chi connectivity index (χ0) is 31.8. The second kappa shape index (κ2) is 15.0. The first-order valence-electron chi connectivity index (χ1n) is 14.6. The lowest BCUT2D eigenvalue weighted by Crippen LogP contribution is -2.52. The Labute approximate surface area is 260 Å². The highest BCUT2D eigenvalue weighted by Gasteiger charge is 2.35. The fourth-order valence-electron chi connectivity index (χ4n) is 5.13. The Hall–Kier alpha value is -3.80. The Morgan fingerprint density at radius 1 is 1.09 bits per heavy atom. The van der Waals surface area contributed by atoms with Gasteiger partial charge in [0, 0.05) is 0 Å².